The zero-order chi connectivity index (χ0) is 9.10. The van der Waals surface area contributed by atoms with Crippen molar-refractivity contribution < 1.29 is 4.39 Å². The Balaban J connectivity index is 2.28. The summed E-state index contributed by atoms with van der Waals surface area (Å²) >= 11 is 0. The molecule has 3 nitrogen and oxygen atoms in total. The van der Waals surface area contributed by atoms with E-state index in [1.807, 2.05) is 24.3 Å². The summed E-state index contributed by atoms with van der Waals surface area (Å²) in [5.41, 5.74) is 1.85. The van der Waals surface area contributed by atoms with Crippen LogP contribution in [0.1, 0.15) is 0 Å². The Bertz CT molecular complexity index is 363. The number of rotatable bonds is 3. The van der Waals surface area contributed by atoms with Gasteiger partial charge in [-0.2, -0.15) is 0 Å². The second kappa shape index (κ2) is 3.43. The third kappa shape index (κ3) is 1.61. The summed E-state index contributed by atoms with van der Waals surface area (Å²) in [7, 11) is 0. The number of benzene rings is 1. The van der Waals surface area contributed by atoms with E-state index in [-0.39, 0.29) is 0 Å². The standard InChI is InChI=1S/C9H10FN3/c10-5-6-11-9-12-7-3-1-2-4-8(7)13-9/h1-4H,5-6H2,(H2,11,12,13). The van der Waals surface area contributed by atoms with E-state index in [1.54, 1.807) is 0 Å². The Morgan fingerprint density at radius 1 is 1.38 bits per heavy atom. The molecular formula is C9H10FN3. The van der Waals surface area contributed by atoms with Gasteiger partial charge in [0.2, 0.25) is 5.95 Å². The lowest BCUT2D eigenvalue weighted by molar-refractivity contribution is 0.512. The van der Waals surface area contributed by atoms with E-state index in [2.05, 4.69) is 15.3 Å². The van der Waals surface area contributed by atoms with E-state index in [1.165, 1.54) is 0 Å². The number of imidazole rings is 1. The van der Waals surface area contributed by atoms with Crippen molar-refractivity contribution in [2.45, 2.75) is 0 Å². The molecule has 2 N–H and O–H groups in total. The summed E-state index contributed by atoms with van der Waals surface area (Å²) in [5.74, 6) is 0.624. The number of hydrogen-bond acceptors (Lipinski definition) is 2. The number of alkyl halides is 1. The van der Waals surface area contributed by atoms with Gasteiger partial charge < -0.3 is 10.3 Å². The van der Waals surface area contributed by atoms with Crippen LogP contribution < -0.4 is 5.32 Å². The van der Waals surface area contributed by atoms with Crippen LogP contribution >= 0.6 is 0 Å². The number of nitrogens with one attached hydrogen (secondary N) is 2. The van der Waals surface area contributed by atoms with Gasteiger partial charge in [-0.1, -0.05) is 12.1 Å². The number of hydrogen-bond donors (Lipinski definition) is 2. The van der Waals surface area contributed by atoms with Gasteiger partial charge in [0.05, 0.1) is 11.0 Å². The first-order valence-corrected chi connectivity index (χ1v) is 4.15. The summed E-state index contributed by atoms with van der Waals surface area (Å²) in [6.07, 6.45) is 0. The fourth-order valence-corrected chi connectivity index (χ4v) is 1.20. The Kier molecular flexibility index (Phi) is 2.12. The topological polar surface area (TPSA) is 40.7 Å². The summed E-state index contributed by atoms with van der Waals surface area (Å²) in [4.78, 5) is 7.26. The molecule has 0 spiro atoms. The van der Waals surface area contributed by atoms with Gasteiger partial charge >= 0.3 is 0 Å². The van der Waals surface area contributed by atoms with E-state index < -0.39 is 6.67 Å². The van der Waals surface area contributed by atoms with Crippen LogP contribution in [0.5, 0.6) is 0 Å². The number of fused-ring (bicyclic) bond motifs is 1. The Morgan fingerprint density at radius 2 is 2.23 bits per heavy atom. The van der Waals surface area contributed by atoms with Crippen molar-refractivity contribution in [3.8, 4) is 0 Å². The van der Waals surface area contributed by atoms with Gasteiger partial charge in [0.1, 0.15) is 6.67 Å². The molecule has 0 saturated heterocycles. The summed E-state index contributed by atoms with van der Waals surface area (Å²) < 4.78 is 11.8. The average Bonchev–Trinajstić information content (AvgIpc) is 2.57. The van der Waals surface area contributed by atoms with Crippen LogP contribution in [-0.2, 0) is 0 Å². The molecule has 0 bridgehead atoms. The number of para-hydroxylation sites is 2. The van der Waals surface area contributed by atoms with Crippen LogP contribution in [0.25, 0.3) is 11.0 Å². The van der Waals surface area contributed by atoms with Crippen molar-refractivity contribution in [3.05, 3.63) is 24.3 Å². The molecule has 4 heteroatoms. The average molecular weight is 179 g/mol. The quantitative estimate of drug-likeness (QED) is 0.756. The molecule has 13 heavy (non-hydrogen) atoms. The van der Waals surface area contributed by atoms with E-state index >= 15 is 0 Å². The van der Waals surface area contributed by atoms with E-state index in [0.29, 0.717) is 12.5 Å². The molecule has 0 aliphatic rings. The largest absolute Gasteiger partial charge is 0.353 e. The molecular weight excluding hydrogens is 169 g/mol. The predicted molar refractivity (Wildman–Crippen MR) is 50.6 cm³/mol. The molecule has 2 aromatic rings. The molecule has 0 unspecified atom stereocenters. The SMILES string of the molecule is FCCNc1nc2ccccc2[nH]1. The van der Waals surface area contributed by atoms with Crippen LogP contribution in [0.3, 0.4) is 0 Å². The minimum absolute atomic E-state index is 0.291. The lowest BCUT2D eigenvalue weighted by Gasteiger charge is -1.95. The van der Waals surface area contributed by atoms with Gasteiger partial charge in [-0.25, -0.2) is 9.37 Å². The van der Waals surface area contributed by atoms with Crippen molar-refractivity contribution in [1.82, 2.24) is 9.97 Å². The summed E-state index contributed by atoms with van der Waals surface area (Å²) in [5, 5.41) is 2.84. The normalized spacial score (nSPS) is 10.5. The molecule has 1 aromatic heterocycles. The van der Waals surface area contributed by atoms with E-state index in [4.69, 9.17) is 0 Å². The number of nitrogens with zero attached hydrogens (tertiary/aromatic N) is 1. The van der Waals surface area contributed by atoms with Gasteiger partial charge in [0.25, 0.3) is 0 Å². The molecule has 0 aliphatic carbocycles. The van der Waals surface area contributed by atoms with Crippen molar-refractivity contribution in [3.63, 3.8) is 0 Å². The highest BCUT2D eigenvalue weighted by Gasteiger charge is 1.99. The third-order valence-corrected chi connectivity index (χ3v) is 1.78. The second-order valence-electron chi connectivity index (χ2n) is 2.72. The van der Waals surface area contributed by atoms with Crippen LogP contribution in [0.15, 0.2) is 24.3 Å². The fraction of sp³-hybridized carbons (Fsp3) is 0.222. The van der Waals surface area contributed by atoms with Gasteiger partial charge in [-0.05, 0) is 12.1 Å². The first-order chi connectivity index (χ1) is 6.40. The van der Waals surface area contributed by atoms with Crippen molar-refractivity contribution in [2.24, 2.45) is 0 Å². The summed E-state index contributed by atoms with van der Waals surface area (Å²) in [6, 6.07) is 7.69. The van der Waals surface area contributed by atoms with Crippen LogP contribution in [-0.4, -0.2) is 23.2 Å². The Hall–Kier alpha value is -1.58. The maximum Gasteiger partial charge on any atom is 0.201 e. The fourth-order valence-electron chi connectivity index (χ4n) is 1.20. The highest BCUT2D eigenvalue weighted by atomic mass is 19.1. The van der Waals surface area contributed by atoms with E-state index in [9.17, 15) is 4.39 Å². The van der Waals surface area contributed by atoms with Gasteiger partial charge in [0, 0.05) is 6.54 Å². The molecule has 1 heterocycles. The predicted octanol–water partition coefficient (Wildman–Crippen LogP) is 1.94. The molecule has 0 amide bonds. The number of H-pyrrole nitrogens is 1. The van der Waals surface area contributed by atoms with Crippen molar-refractivity contribution in [1.29, 1.82) is 0 Å². The number of halogens is 1. The van der Waals surface area contributed by atoms with Crippen LogP contribution in [0, 0.1) is 0 Å². The first-order valence-electron chi connectivity index (χ1n) is 4.15. The molecule has 0 aliphatic heterocycles. The van der Waals surface area contributed by atoms with Crippen LogP contribution in [0.2, 0.25) is 0 Å². The van der Waals surface area contributed by atoms with Gasteiger partial charge in [0.15, 0.2) is 0 Å². The number of aromatic amines is 1. The first kappa shape index (κ1) is 8.04. The summed E-state index contributed by atoms with van der Waals surface area (Å²) in [6.45, 7) is -0.100. The van der Waals surface area contributed by atoms with Crippen LogP contribution in [0.4, 0.5) is 10.3 Å². The molecule has 0 atom stereocenters. The lowest BCUT2D eigenvalue weighted by Crippen LogP contribution is -2.03. The molecule has 2 rings (SSSR count). The number of anilines is 1. The van der Waals surface area contributed by atoms with Gasteiger partial charge in [-0.15, -0.1) is 0 Å². The monoisotopic (exact) mass is 179 g/mol. The second-order valence-corrected chi connectivity index (χ2v) is 2.72. The van der Waals surface area contributed by atoms with E-state index in [0.717, 1.165) is 11.0 Å². The Labute approximate surface area is 75.0 Å². The van der Waals surface area contributed by atoms with Gasteiger partial charge in [-0.3, -0.25) is 0 Å². The maximum absolute atomic E-state index is 11.8. The Morgan fingerprint density at radius 3 is 3.00 bits per heavy atom. The smallest absolute Gasteiger partial charge is 0.201 e. The maximum atomic E-state index is 11.8. The zero-order valence-corrected chi connectivity index (χ0v) is 7.05. The number of aromatic nitrogens is 2. The molecule has 1 aromatic carbocycles. The van der Waals surface area contributed by atoms with Crippen molar-refractivity contribution in [2.75, 3.05) is 18.5 Å². The highest BCUT2D eigenvalue weighted by Crippen LogP contribution is 2.12. The highest BCUT2D eigenvalue weighted by molar-refractivity contribution is 5.77. The minimum atomic E-state index is -0.392. The minimum Gasteiger partial charge on any atom is -0.353 e. The lowest BCUT2D eigenvalue weighted by atomic mass is 10.3. The third-order valence-electron chi connectivity index (χ3n) is 1.78. The molecule has 0 radical (unpaired) electrons. The molecule has 68 valence electrons. The zero-order valence-electron chi connectivity index (χ0n) is 7.05. The molecule has 0 fully saturated rings. The van der Waals surface area contributed by atoms with Crippen molar-refractivity contribution >= 4 is 17.0 Å². The molecule has 0 saturated carbocycles.